The molecule has 2 N–H and O–H groups in total. The van der Waals surface area contributed by atoms with Crippen LogP contribution in [0.2, 0.25) is 0 Å². The quantitative estimate of drug-likeness (QED) is 0.758. The smallest absolute Gasteiger partial charge is 0.163 e. The van der Waals surface area contributed by atoms with Crippen molar-refractivity contribution in [2.75, 3.05) is 19.0 Å². The molecule has 136 valence electrons. The molecule has 2 aliphatic rings. The molecule has 0 radical (unpaired) electrons. The topological polar surface area (TPSA) is 83.8 Å². The zero-order valence-corrected chi connectivity index (χ0v) is 15.1. The lowest BCUT2D eigenvalue weighted by Gasteiger charge is -2.14. The first-order valence-electron chi connectivity index (χ1n) is 8.59. The third-order valence-corrected chi connectivity index (χ3v) is 6.98. The molecule has 0 amide bonds. The van der Waals surface area contributed by atoms with Crippen LogP contribution in [0.4, 0.5) is 0 Å². The molecule has 1 aromatic carbocycles. The van der Waals surface area contributed by atoms with Gasteiger partial charge in [-0.05, 0) is 48.1 Å². The van der Waals surface area contributed by atoms with E-state index < -0.39 is 15.1 Å². The van der Waals surface area contributed by atoms with Gasteiger partial charge in [-0.2, -0.15) is 0 Å². The van der Waals surface area contributed by atoms with Crippen molar-refractivity contribution in [2.24, 2.45) is 0 Å². The lowest BCUT2D eigenvalue weighted by atomic mass is 9.96. The fraction of sp³-hybridized carbons (Fsp3) is 0.474. The predicted molar refractivity (Wildman–Crippen MR) is 97.0 cm³/mol. The van der Waals surface area contributed by atoms with E-state index in [2.05, 4.69) is 13.0 Å². The number of hydrogen-bond donors (Lipinski definition) is 2. The SMILES string of the molecule is CC/C(=C\c1cccc(O)c1)CC[C@H]1OC[C@H]2C1=C(CO)CS2(=O)=O. The molecule has 0 saturated carbocycles. The van der Waals surface area contributed by atoms with Crippen LogP contribution in [-0.2, 0) is 14.6 Å². The minimum atomic E-state index is -3.22. The Labute approximate surface area is 148 Å². The van der Waals surface area contributed by atoms with Gasteiger partial charge in [-0.3, -0.25) is 0 Å². The molecule has 0 aromatic heterocycles. The standard InChI is InChI=1S/C19H24O5S/c1-2-13(8-14-4-3-5-16(21)9-14)6-7-17-19-15(10-20)12-25(22,23)18(19)11-24-17/h3-5,8-9,17-18,20-21H,2,6-7,10-12H2,1H3/b13-8+/t17-,18+/m1/s1. The number of allylic oxidation sites excluding steroid dienone is 1. The van der Waals surface area contributed by atoms with Crippen molar-refractivity contribution in [3.8, 4) is 5.75 Å². The van der Waals surface area contributed by atoms with Gasteiger partial charge in [0.2, 0.25) is 0 Å². The van der Waals surface area contributed by atoms with Gasteiger partial charge >= 0.3 is 0 Å². The van der Waals surface area contributed by atoms with Crippen LogP contribution in [-0.4, -0.2) is 49.0 Å². The molecule has 5 nitrogen and oxygen atoms in total. The number of benzene rings is 1. The zero-order valence-electron chi connectivity index (χ0n) is 14.3. The van der Waals surface area contributed by atoms with Gasteiger partial charge in [0, 0.05) is 0 Å². The van der Waals surface area contributed by atoms with Crippen molar-refractivity contribution in [3.05, 3.63) is 46.5 Å². The Bertz CT molecular complexity index is 807. The average molecular weight is 364 g/mol. The summed E-state index contributed by atoms with van der Waals surface area (Å²) in [5.41, 5.74) is 3.56. The van der Waals surface area contributed by atoms with E-state index in [0.29, 0.717) is 12.0 Å². The van der Waals surface area contributed by atoms with Crippen molar-refractivity contribution in [1.29, 1.82) is 0 Å². The summed E-state index contributed by atoms with van der Waals surface area (Å²) in [6.07, 6.45) is 4.17. The largest absolute Gasteiger partial charge is 0.508 e. The minimum absolute atomic E-state index is 0.0386. The first-order chi connectivity index (χ1) is 11.9. The van der Waals surface area contributed by atoms with Crippen LogP contribution in [0.15, 0.2) is 41.0 Å². The van der Waals surface area contributed by atoms with E-state index >= 15 is 0 Å². The molecular weight excluding hydrogens is 340 g/mol. The molecule has 0 bridgehead atoms. The number of fused-ring (bicyclic) bond motifs is 1. The molecule has 2 atom stereocenters. The van der Waals surface area contributed by atoms with E-state index in [0.717, 1.165) is 24.0 Å². The van der Waals surface area contributed by atoms with Crippen molar-refractivity contribution in [1.82, 2.24) is 0 Å². The summed E-state index contributed by atoms with van der Waals surface area (Å²) < 4.78 is 30.1. The molecule has 3 rings (SSSR count). The van der Waals surface area contributed by atoms with Crippen LogP contribution < -0.4 is 0 Å². The molecule has 0 spiro atoms. The number of hydrogen-bond acceptors (Lipinski definition) is 5. The Morgan fingerprint density at radius 1 is 1.40 bits per heavy atom. The van der Waals surface area contributed by atoms with Crippen molar-refractivity contribution < 1.29 is 23.4 Å². The maximum Gasteiger partial charge on any atom is 0.163 e. The molecule has 2 aliphatic heterocycles. The van der Waals surface area contributed by atoms with Gasteiger partial charge in [0.25, 0.3) is 0 Å². The Balaban J connectivity index is 1.72. The van der Waals surface area contributed by atoms with Crippen LogP contribution in [0.3, 0.4) is 0 Å². The second-order valence-electron chi connectivity index (χ2n) is 6.62. The molecule has 0 unspecified atom stereocenters. The lowest BCUT2D eigenvalue weighted by Crippen LogP contribution is -2.19. The summed E-state index contributed by atoms with van der Waals surface area (Å²) in [4.78, 5) is 0. The molecule has 1 fully saturated rings. The molecular formula is C19H24O5S. The van der Waals surface area contributed by atoms with Gasteiger partial charge in [-0.15, -0.1) is 0 Å². The third-order valence-electron chi connectivity index (χ3n) is 4.97. The maximum absolute atomic E-state index is 12.2. The molecule has 1 saturated heterocycles. The van der Waals surface area contributed by atoms with Gasteiger partial charge in [0.05, 0.1) is 25.1 Å². The normalized spacial score (nSPS) is 25.4. The Morgan fingerprint density at radius 3 is 2.88 bits per heavy atom. The van der Waals surface area contributed by atoms with Crippen LogP contribution in [0.5, 0.6) is 5.75 Å². The monoisotopic (exact) mass is 364 g/mol. The van der Waals surface area contributed by atoms with Crippen LogP contribution in [0.1, 0.15) is 31.7 Å². The van der Waals surface area contributed by atoms with Crippen LogP contribution in [0, 0.1) is 0 Å². The highest BCUT2D eigenvalue weighted by atomic mass is 32.2. The summed E-state index contributed by atoms with van der Waals surface area (Å²) in [6.45, 7) is 2.06. The first kappa shape index (κ1) is 18.2. The van der Waals surface area contributed by atoms with Gasteiger partial charge in [-0.25, -0.2) is 8.42 Å². The first-order valence-corrected chi connectivity index (χ1v) is 10.3. The van der Waals surface area contributed by atoms with Gasteiger partial charge < -0.3 is 14.9 Å². The highest BCUT2D eigenvalue weighted by Gasteiger charge is 2.46. The molecule has 0 aliphatic carbocycles. The average Bonchev–Trinajstić information content (AvgIpc) is 3.11. The summed E-state index contributed by atoms with van der Waals surface area (Å²) in [6, 6.07) is 7.10. The highest BCUT2D eigenvalue weighted by molar-refractivity contribution is 7.92. The maximum atomic E-state index is 12.2. The van der Waals surface area contributed by atoms with Crippen molar-refractivity contribution >= 4 is 15.9 Å². The fourth-order valence-corrected chi connectivity index (χ4v) is 5.60. The van der Waals surface area contributed by atoms with Gasteiger partial charge in [0.1, 0.15) is 11.0 Å². The van der Waals surface area contributed by atoms with E-state index in [9.17, 15) is 18.6 Å². The number of phenols is 1. The number of sulfone groups is 1. The Morgan fingerprint density at radius 2 is 2.20 bits per heavy atom. The van der Waals surface area contributed by atoms with Crippen LogP contribution in [0.25, 0.3) is 6.08 Å². The van der Waals surface area contributed by atoms with E-state index in [1.807, 2.05) is 6.07 Å². The number of aliphatic hydroxyl groups is 1. The Kier molecular flexibility index (Phi) is 5.32. The number of ether oxygens (including phenoxy) is 1. The third kappa shape index (κ3) is 3.81. The van der Waals surface area contributed by atoms with Gasteiger partial charge in [0.15, 0.2) is 9.84 Å². The van der Waals surface area contributed by atoms with E-state index in [4.69, 9.17) is 4.74 Å². The van der Waals surface area contributed by atoms with Crippen molar-refractivity contribution in [3.63, 3.8) is 0 Å². The number of phenolic OH excluding ortho intramolecular Hbond substituents is 1. The minimum Gasteiger partial charge on any atom is -0.508 e. The van der Waals surface area contributed by atoms with Gasteiger partial charge in [-0.1, -0.05) is 30.7 Å². The number of aliphatic hydroxyl groups excluding tert-OH is 1. The summed E-state index contributed by atoms with van der Waals surface area (Å²) in [5.74, 6) is 0.198. The second-order valence-corrected chi connectivity index (χ2v) is 8.81. The highest BCUT2D eigenvalue weighted by Crippen LogP contribution is 2.38. The summed E-state index contributed by atoms with van der Waals surface area (Å²) >= 11 is 0. The molecule has 1 aromatic rings. The van der Waals surface area contributed by atoms with E-state index in [1.54, 1.807) is 18.2 Å². The molecule has 2 heterocycles. The van der Waals surface area contributed by atoms with Crippen LogP contribution >= 0.6 is 0 Å². The fourth-order valence-electron chi connectivity index (χ4n) is 3.66. The zero-order chi connectivity index (χ0) is 18.0. The van der Waals surface area contributed by atoms with Crippen molar-refractivity contribution in [2.45, 2.75) is 37.5 Å². The Hall–Kier alpha value is -1.63. The molecule has 25 heavy (non-hydrogen) atoms. The second kappa shape index (κ2) is 7.32. The molecule has 6 heteroatoms. The summed E-state index contributed by atoms with van der Waals surface area (Å²) in [7, 11) is -3.22. The van der Waals surface area contributed by atoms with E-state index in [1.165, 1.54) is 5.57 Å². The lowest BCUT2D eigenvalue weighted by molar-refractivity contribution is 0.117. The summed E-state index contributed by atoms with van der Waals surface area (Å²) in [5, 5.41) is 18.5. The number of rotatable bonds is 6. The predicted octanol–water partition coefficient (Wildman–Crippen LogP) is 2.45. The van der Waals surface area contributed by atoms with E-state index in [-0.39, 0.29) is 30.8 Å². The number of aromatic hydroxyl groups is 1.